The first-order chi connectivity index (χ1) is 18.4. The molecule has 0 bridgehead atoms. The molecule has 2 aromatic carbocycles. The molecule has 1 aromatic heterocycles. The third-order valence-electron chi connectivity index (χ3n) is 6.76. The highest BCUT2D eigenvalue weighted by atomic mass is 32.1. The van der Waals surface area contributed by atoms with Gasteiger partial charge in [-0.3, -0.25) is 14.9 Å². The Labute approximate surface area is 223 Å². The van der Waals surface area contributed by atoms with Gasteiger partial charge in [0, 0.05) is 52.2 Å². The minimum Gasteiger partial charge on any atom is -0.490 e. The number of esters is 1. The Morgan fingerprint density at radius 1 is 1.05 bits per heavy atom. The maximum Gasteiger partial charge on any atom is 0.336 e. The summed E-state index contributed by atoms with van der Waals surface area (Å²) >= 11 is 1.62. The van der Waals surface area contributed by atoms with Crippen LogP contribution in [0.1, 0.15) is 42.0 Å². The quantitative estimate of drug-likeness (QED) is 0.174. The smallest absolute Gasteiger partial charge is 0.336 e. The van der Waals surface area contributed by atoms with Gasteiger partial charge in [-0.2, -0.15) is 0 Å². The van der Waals surface area contributed by atoms with E-state index in [2.05, 4.69) is 5.32 Å². The van der Waals surface area contributed by atoms with E-state index in [-0.39, 0.29) is 30.6 Å². The number of ether oxygens (including phenoxy) is 2. The molecule has 0 saturated heterocycles. The van der Waals surface area contributed by atoms with Crippen molar-refractivity contribution < 1.29 is 24.0 Å². The van der Waals surface area contributed by atoms with Crippen molar-refractivity contribution in [1.82, 2.24) is 5.32 Å². The third-order valence-corrected chi connectivity index (χ3v) is 7.79. The Kier molecular flexibility index (Phi) is 7.37. The maximum atomic E-state index is 13.6. The van der Waals surface area contributed by atoms with Crippen molar-refractivity contribution in [3.05, 3.63) is 115 Å². The zero-order valence-electron chi connectivity index (χ0n) is 20.7. The average molecular weight is 531 g/mol. The molecule has 2 aliphatic rings. The second-order valence-corrected chi connectivity index (χ2v) is 10.2. The predicted octanol–water partition coefficient (Wildman–Crippen LogP) is 5.64. The molecule has 2 unspecified atom stereocenters. The summed E-state index contributed by atoms with van der Waals surface area (Å²) in [7, 11) is 0. The van der Waals surface area contributed by atoms with Crippen molar-refractivity contribution in [1.29, 1.82) is 0 Å². The number of thiophene rings is 1. The van der Waals surface area contributed by atoms with Gasteiger partial charge in [0.15, 0.2) is 5.78 Å². The lowest BCUT2D eigenvalue weighted by atomic mass is 9.72. The van der Waals surface area contributed by atoms with Crippen LogP contribution in [-0.4, -0.2) is 29.9 Å². The zero-order valence-corrected chi connectivity index (χ0v) is 21.5. The topological polar surface area (TPSA) is 108 Å². The number of nitrogens with zero attached hydrogens (tertiary/aromatic N) is 1. The molecule has 9 heteroatoms. The standard InChI is InChI=1S/C29H26N2O6S/c1-18-26(29(33)37-14-13-36-22-6-3-2-4-7-22)27(19-9-11-21(12-10-19)31(34)35)28-23(30-18)16-20(17-24(28)32)25-8-5-15-38-25/h2-12,15,20,27,30H,13-14,16-17H2,1H3. The lowest BCUT2D eigenvalue weighted by Gasteiger charge is -2.36. The summed E-state index contributed by atoms with van der Waals surface area (Å²) in [5, 5.41) is 16.5. The van der Waals surface area contributed by atoms with Crippen LogP contribution in [0, 0.1) is 10.1 Å². The number of carbonyl (C=O) groups excluding carboxylic acids is 2. The van der Waals surface area contributed by atoms with Gasteiger partial charge in [0.05, 0.1) is 10.5 Å². The molecule has 38 heavy (non-hydrogen) atoms. The fourth-order valence-electron chi connectivity index (χ4n) is 5.04. The van der Waals surface area contributed by atoms with Crippen molar-refractivity contribution >= 4 is 28.8 Å². The predicted molar refractivity (Wildman–Crippen MR) is 143 cm³/mol. The van der Waals surface area contributed by atoms with Gasteiger partial charge in [-0.1, -0.05) is 36.4 Å². The Balaban J connectivity index is 1.43. The summed E-state index contributed by atoms with van der Waals surface area (Å²) in [6.07, 6.45) is 0.965. The van der Waals surface area contributed by atoms with E-state index in [9.17, 15) is 19.7 Å². The van der Waals surface area contributed by atoms with Crippen molar-refractivity contribution in [3.8, 4) is 5.75 Å². The van der Waals surface area contributed by atoms with Gasteiger partial charge in [0.1, 0.15) is 19.0 Å². The fourth-order valence-corrected chi connectivity index (χ4v) is 5.88. The summed E-state index contributed by atoms with van der Waals surface area (Å²) in [6, 6.07) is 19.2. The highest BCUT2D eigenvalue weighted by Crippen LogP contribution is 2.46. The highest BCUT2D eigenvalue weighted by Gasteiger charge is 2.41. The minimum absolute atomic E-state index is 0.0256. The molecule has 8 nitrogen and oxygen atoms in total. The summed E-state index contributed by atoms with van der Waals surface area (Å²) in [4.78, 5) is 38.9. The van der Waals surface area contributed by atoms with E-state index < -0.39 is 16.8 Å². The molecule has 1 aliphatic heterocycles. The third kappa shape index (κ3) is 5.24. The van der Waals surface area contributed by atoms with Crippen LogP contribution in [0.4, 0.5) is 5.69 Å². The molecular weight excluding hydrogens is 504 g/mol. The number of nitrogens with one attached hydrogen (secondary N) is 1. The molecule has 0 amide bonds. The lowest BCUT2D eigenvalue weighted by Crippen LogP contribution is -2.36. The molecule has 0 saturated carbocycles. The van der Waals surface area contributed by atoms with E-state index in [1.165, 1.54) is 12.1 Å². The number of Topliss-reactive ketones (excluding diaryl/α,β-unsaturated/α-hetero) is 1. The van der Waals surface area contributed by atoms with Crippen molar-refractivity contribution in [2.75, 3.05) is 13.2 Å². The largest absolute Gasteiger partial charge is 0.490 e. The first kappa shape index (κ1) is 25.4. The van der Waals surface area contributed by atoms with E-state index in [0.29, 0.717) is 41.0 Å². The van der Waals surface area contributed by atoms with E-state index in [4.69, 9.17) is 9.47 Å². The Morgan fingerprint density at radius 2 is 1.82 bits per heavy atom. The van der Waals surface area contributed by atoms with Gasteiger partial charge >= 0.3 is 5.97 Å². The molecule has 2 atom stereocenters. The second kappa shape index (κ2) is 11.0. The Morgan fingerprint density at radius 3 is 2.50 bits per heavy atom. The Bertz CT molecular complexity index is 1410. The number of para-hydroxylation sites is 1. The van der Waals surface area contributed by atoms with Crippen LogP contribution < -0.4 is 10.1 Å². The molecule has 0 radical (unpaired) electrons. The summed E-state index contributed by atoms with van der Waals surface area (Å²) in [5.74, 6) is -0.570. The van der Waals surface area contributed by atoms with Gasteiger partial charge < -0.3 is 14.8 Å². The molecule has 1 aliphatic carbocycles. The second-order valence-electron chi connectivity index (χ2n) is 9.18. The number of non-ortho nitro benzene ring substituents is 1. The summed E-state index contributed by atoms with van der Waals surface area (Å²) in [6.45, 7) is 1.99. The van der Waals surface area contributed by atoms with Crippen molar-refractivity contribution in [3.63, 3.8) is 0 Å². The number of carbonyl (C=O) groups is 2. The summed E-state index contributed by atoms with van der Waals surface area (Å²) < 4.78 is 11.2. The van der Waals surface area contributed by atoms with E-state index in [1.54, 1.807) is 30.4 Å². The molecule has 1 N–H and O–H groups in total. The zero-order chi connectivity index (χ0) is 26.6. The van der Waals surface area contributed by atoms with Gasteiger partial charge in [0.2, 0.25) is 0 Å². The van der Waals surface area contributed by atoms with Crippen LogP contribution >= 0.6 is 11.3 Å². The van der Waals surface area contributed by atoms with Crippen LogP contribution in [0.25, 0.3) is 0 Å². The fraction of sp³-hybridized carbons (Fsp3) is 0.241. The van der Waals surface area contributed by atoms with Gasteiger partial charge in [-0.15, -0.1) is 11.3 Å². The van der Waals surface area contributed by atoms with Crippen LogP contribution in [-0.2, 0) is 14.3 Å². The number of hydrogen-bond acceptors (Lipinski definition) is 8. The van der Waals surface area contributed by atoms with Crippen LogP contribution in [0.2, 0.25) is 0 Å². The van der Waals surface area contributed by atoms with E-state index in [1.807, 2.05) is 47.8 Å². The van der Waals surface area contributed by atoms with Crippen molar-refractivity contribution in [2.45, 2.75) is 31.6 Å². The first-order valence-electron chi connectivity index (χ1n) is 12.3. The number of allylic oxidation sites excluding steroid dienone is 3. The molecule has 0 fully saturated rings. The van der Waals surface area contributed by atoms with E-state index >= 15 is 0 Å². The number of nitro groups is 1. The SMILES string of the molecule is CC1=C(C(=O)OCCOc2ccccc2)C(c2ccc([N+](=O)[O-])cc2)C2=C(CC(c3cccs3)CC2=O)N1. The average Bonchev–Trinajstić information content (AvgIpc) is 3.46. The number of dihydropyridines is 1. The molecule has 5 rings (SSSR count). The van der Waals surface area contributed by atoms with E-state index in [0.717, 1.165) is 10.6 Å². The minimum atomic E-state index is -0.689. The summed E-state index contributed by atoms with van der Waals surface area (Å²) in [5.41, 5.74) is 2.78. The van der Waals surface area contributed by atoms with Gasteiger partial charge in [0.25, 0.3) is 5.69 Å². The Hall–Kier alpha value is -4.24. The normalized spacial score (nSPS) is 19.0. The number of ketones is 1. The molecule has 194 valence electrons. The molecular formula is C29H26N2O6S. The van der Waals surface area contributed by atoms with Crippen LogP contribution in [0.3, 0.4) is 0 Å². The molecule has 2 heterocycles. The first-order valence-corrected chi connectivity index (χ1v) is 13.2. The monoisotopic (exact) mass is 530 g/mol. The number of benzene rings is 2. The number of rotatable bonds is 8. The van der Waals surface area contributed by atoms with Gasteiger partial charge in [-0.05, 0) is 42.5 Å². The molecule has 3 aromatic rings. The highest BCUT2D eigenvalue weighted by molar-refractivity contribution is 7.10. The van der Waals surface area contributed by atoms with Gasteiger partial charge in [-0.25, -0.2) is 4.79 Å². The number of hydrogen-bond donors (Lipinski definition) is 1. The molecule has 0 spiro atoms. The van der Waals surface area contributed by atoms with Crippen LogP contribution in [0.5, 0.6) is 5.75 Å². The maximum absolute atomic E-state index is 13.6. The number of nitro benzene ring substituents is 1. The van der Waals surface area contributed by atoms with Crippen molar-refractivity contribution in [2.24, 2.45) is 0 Å². The van der Waals surface area contributed by atoms with Crippen LogP contribution in [0.15, 0.2) is 94.7 Å². The lowest BCUT2D eigenvalue weighted by molar-refractivity contribution is -0.384.